The molecule has 1 atom stereocenters. The van der Waals surface area contributed by atoms with Crippen molar-refractivity contribution in [1.82, 2.24) is 0 Å². The van der Waals surface area contributed by atoms with Gasteiger partial charge in [0.25, 0.3) is 0 Å². The number of esters is 1. The summed E-state index contributed by atoms with van der Waals surface area (Å²) in [7, 11) is 1.31. The lowest BCUT2D eigenvalue weighted by atomic mass is 9.85. The summed E-state index contributed by atoms with van der Waals surface area (Å²) in [5.74, 6) is -1.65. The van der Waals surface area contributed by atoms with Crippen LogP contribution in [0.1, 0.15) is 38.5 Å². The maximum absolute atomic E-state index is 12.7. The molecule has 1 aliphatic carbocycles. The number of nitrogens with one attached hydrogen (secondary N) is 1. The Bertz CT molecular complexity index is 569. The van der Waals surface area contributed by atoms with Gasteiger partial charge in [-0.15, -0.1) is 0 Å². The molecule has 0 spiro atoms. The third kappa shape index (κ3) is 4.85. The number of rotatable bonds is 4. The second-order valence-electron chi connectivity index (χ2n) is 5.87. The standard InChI is InChI=1S/C17H21Cl2NO3/c1-23-17(22)15(11-6-4-2-3-5-7-11)16(21)20-14-9-8-12(18)10-13(14)19/h8-11,15H,2-7H2,1H3,(H,20,21). The lowest BCUT2D eigenvalue weighted by molar-refractivity contribution is -0.151. The Morgan fingerprint density at radius 3 is 2.39 bits per heavy atom. The first-order valence-corrected chi connectivity index (χ1v) is 8.62. The van der Waals surface area contributed by atoms with Crippen molar-refractivity contribution in [2.75, 3.05) is 12.4 Å². The van der Waals surface area contributed by atoms with Crippen LogP contribution >= 0.6 is 23.2 Å². The SMILES string of the molecule is COC(=O)C(C(=O)Nc1ccc(Cl)cc1Cl)C1CCCCCC1. The van der Waals surface area contributed by atoms with Gasteiger partial charge in [0.2, 0.25) is 5.91 Å². The van der Waals surface area contributed by atoms with Crippen LogP contribution in [-0.4, -0.2) is 19.0 Å². The van der Waals surface area contributed by atoms with Gasteiger partial charge in [0.05, 0.1) is 17.8 Å². The number of hydrogen-bond donors (Lipinski definition) is 1. The molecular weight excluding hydrogens is 337 g/mol. The Hall–Kier alpha value is -1.26. The van der Waals surface area contributed by atoms with E-state index in [0.717, 1.165) is 38.5 Å². The first kappa shape index (κ1) is 18.1. The maximum atomic E-state index is 12.7. The van der Waals surface area contributed by atoms with Gasteiger partial charge in [0.15, 0.2) is 0 Å². The molecule has 6 heteroatoms. The number of benzene rings is 1. The Morgan fingerprint density at radius 2 is 1.83 bits per heavy atom. The fourth-order valence-corrected chi connectivity index (χ4v) is 3.54. The van der Waals surface area contributed by atoms with Crippen LogP contribution in [0.3, 0.4) is 0 Å². The van der Waals surface area contributed by atoms with E-state index in [1.807, 2.05) is 0 Å². The van der Waals surface area contributed by atoms with Gasteiger partial charge in [-0.05, 0) is 37.0 Å². The third-order valence-corrected chi connectivity index (χ3v) is 4.85. The molecule has 126 valence electrons. The second kappa shape index (κ2) is 8.55. The number of anilines is 1. The van der Waals surface area contributed by atoms with E-state index in [1.165, 1.54) is 7.11 Å². The van der Waals surface area contributed by atoms with Gasteiger partial charge in [0.1, 0.15) is 5.92 Å². The number of amides is 1. The highest BCUT2D eigenvalue weighted by Crippen LogP contribution is 2.32. The van der Waals surface area contributed by atoms with Gasteiger partial charge >= 0.3 is 5.97 Å². The van der Waals surface area contributed by atoms with Gasteiger partial charge < -0.3 is 10.1 Å². The van der Waals surface area contributed by atoms with Gasteiger partial charge in [-0.2, -0.15) is 0 Å². The minimum absolute atomic E-state index is 0.0102. The first-order chi connectivity index (χ1) is 11.0. The number of hydrogen-bond acceptors (Lipinski definition) is 3. The zero-order valence-corrected chi connectivity index (χ0v) is 14.6. The average molecular weight is 358 g/mol. The third-order valence-electron chi connectivity index (χ3n) is 4.30. The van der Waals surface area contributed by atoms with Crippen LogP contribution < -0.4 is 5.32 Å². The molecule has 1 aromatic rings. The maximum Gasteiger partial charge on any atom is 0.318 e. The molecule has 1 aliphatic rings. The second-order valence-corrected chi connectivity index (χ2v) is 6.71. The van der Waals surface area contributed by atoms with Crippen LogP contribution in [0.5, 0.6) is 0 Å². The topological polar surface area (TPSA) is 55.4 Å². The minimum Gasteiger partial charge on any atom is -0.468 e. The highest BCUT2D eigenvalue weighted by Gasteiger charge is 2.36. The van der Waals surface area contributed by atoms with Crippen molar-refractivity contribution in [2.24, 2.45) is 11.8 Å². The van der Waals surface area contributed by atoms with E-state index in [0.29, 0.717) is 15.7 Å². The van der Waals surface area contributed by atoms with Crippen LogP contribution in [0.2, 0.25) is 10.0 Å². The Kier molecular flexibility index (Phi) is 6.72. The van der Waals surface area contributed by atoms with Gasteiger partial charge in [-0.3, -0.25) is 9.59 Å². The first-order valence-electron chi connectivity index (χ1n) is 7.86. The van der Waals surface area contributed by atoms with Gasteiger partial charge in [-0.1, -0.05) is 48.9 Å². The van der Waals surface area contributed by atoms with Crippen molar-refractivity contribution < 1.29 is 14.3 Å². The number of carbonyl (C=O) groups excluding carboxylic acids is 2. The molecule has 1 N–H and O–H groups in total. The summed E-state index contributed by atoms with van der Waals surface area (Å²) < 4.78 is 4.86. The molecular formula is C17H21Cl2NO3. The molecule has 0 heterocycles. The largest absolute Gasteiger partial charge is 0.468 e. The molecule has 1 fully saturated rings. The number of halogens is 2. The van der Waals surface area contributed by atoms with Crippen LogP contribution in [0, 0.1) is 11.8 Å². The number of ether oxygens (including phenoxy) is 1. The molecule has 2 rings (SSSR count). The van der Waals surface area contributed by atoms with E-state index in [4.69, 9.17) is 27.9 Å². The molecule has 1 aromatic carbocycles. The fraction of sp³-hybridized carbons (Fsp3) is 0.529. The van der Waals surface area contributed by atoms with E-state index in [1.54, 1.807) is 18.2 Å². The van der Waals surface area contributed by atoms with E-state index in [2.05, 4.69) is 5.32 Å². The van der Waals surface area contributed by atoms with E-state index in [9.17, 15) is 9.59 Å². The summed E-state index contributed by atoms with van der Waals surface area (Å²) in [6.07, 6.45) is 6.09. The molecule has 0 saturated heterocycles. The van der Waals surface area contributed by atoms with Crippen molar-refractivity contribution in [2.45, 2.75) is 38.5 Å². The number of carbonyl (C=O) groups is 2. The molecule has 1 unspecified atom stereocenters. The zero-order chi connectivity index (χ0) is 16.8. The molecule has 0 aromatic heterocycles. The van der Waals surface area contributed by atoms with Crippen LogP contribution in [0.15, 0.2) is 18.2 Å². The molecule has 0 radical (unpaired) electrons. The van der Waals surface area contributed by atoms with Crippen molar-refractivity contribution in [3.63, 3.8) is 0 Å². The van der Waals surface area contributed by atoms with Crippen molar-refractivity contribution in [3.8, 4) is 0 Å². The van der Waals surface area contributed by atoms with E-state index >= 15 is 0 Å². The Labute approximate surface area is 146 Å². The monoisotopic (exact) mass is 357 g/mol. The van der Waals surface area contributed by atoms with Crippen molar-refractivity contribution >= 4 is 40.8 Å². The molecule has 0 bridgehead atoms. The fourth-order valence-electron chi connectivity index (χ4n) is 3.09. The summed E-state index contributed by atoms with van der Waals surface area (Å²) in [5.41, 5.74) is 0.448. The summed E-state index contributed by atoms with van der Waals surface area (Å²) in [4.78, 5) is 24.8. The van der Waals surface area contributed by atoms with Crippen molar-refractivity contribution in [1.29, 1.82) is 0 Å². The number of methoxy groups -OCH3 is 1. The summed E-state index contributed by atoms with van der Waals surface area (Å²) >= 11 is 11.9. The summed E-state index contributed by atoms with van der Waals surface area (Å²) in [6, 6.07) is 4.82. The summed E-state index contributed by atoms with van der Waals surface area (Å²) in [6.45, 7) is 0. The minimum atomic E-state index is -0.801. The van der Waals surface area contributed by atoms with E-state index in [-0.39, 0.29) is 11.8 Å². The van der Waals surface area contributed by atoms with Crippen LogP contribution in [0.4, 0.5) is 5.69 Å². The molecule has 1 amide bonds. The Morgan fingerprint density at radius 1 is 1.17 bits per heavy atom. The predicted octanol–water partition coefficient (Wildman–Crippen LogP) is 4.69. The predicted molar refractivity (Wildman–Crippen MR) is 91.8 cm³/mol. The van der Waals surface area contributed by atoms with Crippen LogP contribution in [0.25, 0.3) is 0 Å². The Balaban J connectivity index is 2.17. The normalized spacial score (nSPS) is 17.2. The zero-order valence-electron chi connectivity index (χ0n) is 13.1. The van der Waals surface area contributed by atoms with Crippen molar-refractivity contribution in [3.05, 3.63) is 28.2 Å². The van der Waals surface area contributed by atoms with Gasteiger partial charge in [0, 0.05) is 5.02 Å². The average Bonchev–Trinajstić information content (AvgIpc) is 2.79. The van der Waals surface area contributed by atoms with Gasteiger partial charge in [-0.25, -0.2) is 0 Å². The highest BCUT2D eigenvalue weighted by atomic mass is 35.5. The molecule has 4 nitrogen and oxygen atoms in total. The molecule has 1 saturated carbocycles. The van der Waals surface area contributed by atoms with Crippen LogP contribution in [-0.2, 0) is 14.3 Å². The lowest BCUT2D eigenvalue weighted by Crippen LogP contribution is -2.36. The molecule has 0 aliphatic heterocycles. The smallest absolute Gasteiger partial charge is 0.318 e. The van der Waals surface area contributed by atoms with E-state index < -0.39 is 11.9 Å². The summed E-state index contributed by atoms with van der Waals surface area (Å²) in [5, 5.41) is 3.57. The molecule has 23 heavy (non-hydrogen) atoms. The lowest BCUT2D eigenvalue weighted by Gasteiger charge is -2.23. The quantitative estimate of drug-likeness (QED) is 0.483. The highest BCUT2D eigenvalue weighted by molar-refractivity contribution is 6.36.